The molecule has 0 amide bonds. The van der Waals surface area contributed by atoms with Crippen molar-refractivity contribution in [2.75, 3.05) is 0 Å². The van der Waals surface area contributed by atoms with E-state index in [-0.39, 0.29) is 24.7 Å². The molecule has 0 spiro atoms. The van der Waals surface area contributed by atoms with Crippen molar-refractivity contribution in [1.29, 1.82) is 5.41 Å². The first kappa shape index (κ1) is 25.1. The quantitative estimate of drug-likeness (QED) is 0.114. The van der Waals surface area contributed by atoms with E-state index in [1.807, 2.05) is 18.2 Å². The lowest BCUT2D eigenvalue weighted by Crippen LogP contribution is -2.21. The summed E-state index contributed by atoms with van der Waals surface area (Å²) in [5.41, 5.74) is 17.7. The summed E-state index contributed by atoms with van der Waals surface area (Å²) in [6.45, 7) is -0.500. The maximum absolute atomic E-state index is 12.3. The first-order chi connectivity index (χ1) is 15.2. The van der Waals surface area contributed by atoms with Gasteiger partial charge in [0.05, 0.1) is 11.3 Å². The molecule has 166 valence electrons. The fourth-order valence-corrected chi connectivity index (χ4v) is 2.44. The molecule has 0 heterocycles. The van der Waals surface area contributed by atoms with Crippen molar-refractivity contribution in [3.05, 3.63) is 71.8 Å². The fourth-order valence-electron chi connectivity index (χ4n) is 2.44. The lowest BCUT2D eigenvalue weighted by atomic mass is 10.1. The first-order valence-corrected chi connectivity index (χ1v) is 8.71. The van der Waals surface area contributed by atoms with E-state index in [9.17, 15) is 4.79 Å². The number of esters is 1. The molecule has 0 radical (unpaired) electrons. The summed E-state index contributed by atoms with van der Waals surface area (Å²) in [6.07, 6.45) is 0. The highest BCUT2D eigenvalue weighted by Crippen LogP contribution is 2.23. The molecule has 0 aliphatic rings. The summed E-state index contributed by atoms with van der Waals surface area (Å²) >= 11 is 0. The molecule has 0 aliphatic heterocycles. The Balaban J connectivity index is 0.000000769. The largest absolute Gasteiger partial charge is 0.483 e. The average Bonchev–Trinajstić information content (AvgIpc) is 2.74. The van der Waals surface area contributed by atoms with Crippen molar-refractivity contribution in [1.82, 2.24) is 0 Å². The summed E-state index contributed by atoms with van der Waals surface area (Å²) < 4.78 is 5.42. The van der Waals surface area contributed by atoms with Crippen molar-refractivity contribution < 1.29 is 29.3 Å². The van der Waals surface area contributed by atoms with Gasteiger partial charge in [-0.15, -0.1) is 0 Å². The molecule has 0 fully saturated rings. The van der Waals surface area contributed by atoms with Gasteiger partial charge in [0, 0.05) is 5.56 Å². The van der Waals surface area contributed by atoms with Gasteiger partial charge in [0.25, 0.3) is 12.9 Å². The lowest BCUT2D eigenvalue weighted by Gasteiger charge is -2.07. The third-order valence-corrected chi connectivity index (χ3v) is 3.69. The van der Waals surface area contributed by atoms with Gasteiger partial charge in [-0.3, -0.25) is 15.0 Å². The number of amidine groups is 1. The highest BCUT2D eigenvalue weighted by atomic mass is 16.5. The number of hydrogen-bond acceptors (Lipinski definition) is 6. The van der Waals surface area contributed by atoms with Crippen LogP contribution in [0.15, 0.2) is 65.7 Å². The number of nitrogens with one attached hydrogen (secondary N) is 1. The molecule has 0 bridgehead atoms. The van der Waals surface area contributed by atoms with Crippen LogP contribution < -0.4 is 21.9 Å². The van der Waals surface area contributed by atoms with Crippen LogP contribution in [0.5, 0.6) is 5.75 Å². The topological polar surface area (TPSA) is 215 Å². The summed E-state index contributed by atoms with van der Waals surface area (Å²) in [7, 11) is 0. The molecule has 11 nitrogen and oxygen atoms in total. The Labute approximate surface area is 182 Å². The standard InChI is InChI=1S/C19H17N5O2.2CH2O2/c20-17(21)14-2-1-13-10-16(8-5-12(13)9-14)26-18(25)11-3-6-15(7-4-11)24-19(22)23;2*2-1-3/h1-10H,(H3,20,21)(H4,22,23,24);2*1H,(H,2,3)/i3+1;;. The van der Waals surface area contributed by atoms with Crippen molar-refractivity contribution in [3.63, 3.8) is 0 Å². The Hall–Kier alpha value is -4.93. The van der Waals surface area contributed by atoms with Gasteiger partial charge in [0.2, 0.25) is 0 Å². The summed E-state index contributed by atoms with van der Waals surface area (Å²) in [4.78, 5) is 32.9. The minimum atomic E-state index is -0.485. The second-order valence-electron chi connectivity index (χ2n) is 5.82. The Morgan fingerprint density at radius 3 is 1.88 bits per heavy atom. The highest BCUT2D eigenvalue weighted by molar-refractivity contribution is 5.99. The Morgan fingerprint density at radius 2 is 1.34 bits per heavy atom. The van der Waals surface area contributed by atoms with Crippen LogP contribution in [-0.4, -0.2) is 40.9 Å². The monoisotopic (exact) mass is 440 g/mol. The third-order valence-electron chi connectivity index (χ3n) is 3.69. The maximum atomic E-state index is 12.3. The van der Waals surface area contributed by atoms with Gasteiger partial charge in [-0.1, -0.05) is 18.2 Å². The second kappa shape index (κ2) is 12.6. The van der Waals surface area contributed by atoms with E-state index in [4.69, 9.17) is 47.1 Å². The molecule has 3 aromatic rings. The summed E-state index contributed by atoms with van der Waals surface area (Å²) in [5, 5.41) is 23.0. The number of hydrogen-bond donors (Lipinski definition) is 6. The van der Waals surface area contributed by atoms with Crippen LogP contribution >= 0.6 is 0 Å². The predicted molar refractivity (Wildman–Crippen MR) is 119 cm³/mol. The van der Waals surface area contributed by atoms with Gasteiger partial charge in [0.15, 0.2) is 5.96 Å². The Kier molecular flexibility index (Phi) is 9.88. The van der Waals surface area contributed by atoms with Gasteiger partial charge in [0.1, 0.15) is 11.6 Å². The van der Waals surface area contributed by atoms with Crippen LogP contribution in [-0.2, 0) is 9.59 Å². The van der Waals surface area contributed by atoms with Crippen LogP contribution in [0.3, 0.4) is 0 Å². The van der Waals surface area contributed by atoms with Crippen LogP contribution in [0.25, 0.3) is 10.8 Å². The SMILES string of the molecule is N=C(N)c1ccc2cc(OC(=O)c3ccc(N=C(N)N)c[13cH]3)ccc2c1.O=CO.O=CO. The number of ether oxygens (including phenoxy) is 1. The van der Waals surface area contributed by atoms with Crippen LogP contribution in [0.2, 0.25) is 0 Å². The van der Waals surface area contributed by atoms with Gasteiger partial charge in [-0.25, -0.2) is 9.79 Å². The molecule has 0 aromatic heterocycles. The van der Waals surface area contributed by atoms with Crippen LogP contribution in [0.4, 0.5) is 5.69 Å². The average molecular weight is 440 g/mol. The third kappa shape index (κ3) is 7.83. The molecule has 3 rings (SSSR count). The molecule has 0 saturated heterocycles. The number of rotatable bonds is 4. The Bertz CT molecular complexity index is 1120. The predicted octanol–water partition coefficient (Wildman–Crippen LogP) is 1.65. The van der Waals surface area contributed by atoms with Gasteiger partial charge >= 0.3 is 5.97 Å². The van der Waals surface area contributed by atoms with Crippen molar-refractivity contribution in [3.8, 4) is 5.75 Å². The fraction of sp³-hybridized carbons (Fsp3) is 0. The van der Waals surface area contributed by atoms with Gasteiger partial charge in [-0.2, -0.15) is 0 Å². The zero-order chi connectivity index (χ0) is 24.1. The number of fused-ring (bicyclic) bond motifs is 1. The van der Waals surface area contributed by atoms with E-state index in [0.717, 1.165) is 10.8 Å². The molecule has 0 atom stereocenters. The van der Waals surface area contributed by atoms with Crippen molar-refractivity contribution in [2.45, 2.75) is 0 Å². The number of nitrogens with zero attached hydrogens (tertiary/aromatic N) is 1. The summed E-state index contributed by atoms with van der Waals surface area (Å²) in [6, 6.07) is 17.1. The van der Waals surface area contributed by atoms with Gasteiger partial charge in [-0.05, 0) is 53.2 Å². The van der Waals surface area contributed by atoms with Crippen LogP contribution in [0.1, 0.15) is 15.9 Å². The molecule has 9 N–H and O–H groups in total. The lowest BCUT2D eigenvalue weighted by molar-refractivity contribution is -0.123. The number of aliphatic imine (C=N–C) groups is 1. The molecular weight excluding hydrogens is 419 g/mol. The smallest absolute Gasteiger partial charge is 0.343 e. The van der Waals surface area contributed by atoms with E-state index in [2.05, 4.69) is 4.99 Å². The van der Waals surface area contributed by atoms with Crippen molar-refractivity contribution in [2.24, 2.45) is 22.2 Å². The Morgan fingerprint density at radius 1 is 0.844 bits per heavy atom. The molecule has 0 aliphatic carbocycles. The van der Waals surface area contributed by atoms with Gasteiger partial charge < -0.3 is 32.2 Å². The number of carboxylic acid groups (broad SMARTS) is 2. The minimum absolute atomic E-state index is 0.00609. The van der Waals surface area contributed by atoms with E-state index < -0.39 is 5.97 Å². The number of carbonyl (C=O) groups is 3. The molecule has 32 heavy (non-hydrogen) atoms. The van der Waals surface area contributed by atoms with E-state index in [1.54, 1.807) is 42.5 Å². The molecule has 0 saturated carbocycles. The van der Waals surface area contributed by atoms with Crippen molar-refractivity contribution >= 4 is 47.2 Å². The molecule has 3 aromatic carbocycles. The summed E-state index contributed by atoms with van der Waals surface area (Å²) in [5.74, 6) is -0.108. The van der Waals surface area contributed by atoms with E-state index in [0.29, 0.717) is 22.6 Å². The molecule has 0 unspecified atom stereocenters. The van der Waals surface area contributed by atoms with E-state index in [1.165, 1.54) is 0 Å². The minimum Gasteiger partial charge on any atom is -0.483 e. The number of nitrogen functional groups attached to an aromatic ring is 1. The number of carbonyl (C=O) groups excluding carboxylic acids is 1. The molecular formula is C21H21N5O6. The first-order valence-electron chi connectivity index (χ1n) is 8.71. The highest BCUT2D eigenvalue weighted by Gasteiger charge is 2.09. The van der Waals surface area contributed by atoms with E-state index >= 15 is 0 Å². The maximum Gasteiger partial charge on any atom is 0.343 e. The zero-order valence-corrected chi connectivity index (χ0v) is 16.6. The normalized spacial score (nSPS) is 9.12. The number of guanidine groups is 1. The molecule has 11 heteroatoms. The zero-order valence-electron chi connectivity index (χ0n) is 16.6. The second-order valence-corrected chi connectivity index (χ2v) is 5.82. The van der Waals surface area contributed by atoms with Crippen LogP contribution in [0, 0.1) is 5.41 Å². The number of benzene rings is 3. The number of nitrogens with two attached hydrogens (primary N) is 3.